The molecule has 6 heteroatoms. The van der Waals surface area contributed by atoms with Gasteiger partial charge in [-0.25, -0.2) is 8.42 Å². The van der Waals surface area contributed by atoms with Gasteiger partial charge < -0.3 is 15.2 Å². The molecule has 19 heavy (non-hydrogen) atoms. The molecule has 0 aliphatic rings. The van der Waals surface area contributed by atoms with Crippen molar-refractivity contribution in [2.75, 3.05) is 31.3 Å². The molecule has 1 aromatic rings. The highest BCUT2D eigenvalue weighted by Crippen LogP contribution is 2.25. The number of ether oxygens (including phenoxy) is 2. The molecule has 0 amide bonds. The number of sulfone groups is 1. The fourth-order valence-corrected chi connectivity index (χ4v) is 3.09. The van der Waals surface area contributed by atoms with Crippen LogP contribution in [0, 0.1) is 0 Å². The maximum Gasteiger partial charge on any atom is 0.180 e. The Morgan fingerprint density at radius 3 is 2.58 bits per heavy atom. The molecule has 0 saturated carbocycles. The van der Waals surface area contributed by atoms with E-state index in [1.54, 1.807) is 12.1 Å². The van der Waals surface area contributed by atoms with E-state index in [1.165, 1.54) is 6.07 Å². The van der Waals surface area contributed by atoms with Gasteiger partial charge in [-0.1, -0.05) is 0 Å². The molecule has 0 atom stereocenters. The minimum atomic E-state index is -3.40. The van der Waals surface area contributed by atoms with Crippen molar-refractivity contribution in [1.82, 2.24) is 0 Å². The molecule has 0 fully saturated rings. The van der Waals surface area contributed by atoms with Gasteiger partial charge >= 0.3 is 0 Å². The summed E-state index contributed by atoms with van der Waals surface area (Å²) in [7, 11) is -3.40. The van der Waals surface area contributed by atoms with Gasteiger partial charge in [0.25, 0.3) is 0 Å². The van der Waals surface area contributed by atoms with Crippen molar-refractivity contribution < 1.29 is 17.9 Å². The normalized spacial score (nSPS) is 11.5. The van der Waals surface area contributed by atoms with Crippen molar-refractivity contribution in [3.05, 3.63) is 18.2 Å². The van der Waals surface area contributed by atoms with Crippen LogP contribution >= 0.6 is 0 Å². The molecule has 1 rings (SSSR count). The first-order valence-electron chi connectivity index (χ1n) is 6.34. The Morgan fingerprint density at radius 1 is 1.21 bits per heavy atom. The van der Waals surface area contributed by atoms with Crippen molar-refractivity contribution in [1.29, 1.82) is 0 Å². The molecule has 0 bridgehead atoms. The molecule has 0 aromatic heterocycles. The van der Waals surface area contributed by atoms with Crippen molar-refractivity contribution in [2.45, 2.75) is 25.2 Å². The smallest absolute Gasteiger partial charge is 0.180 e. The number of nitrogen functional groups attached to an aromatic ring is 1. The summed E-state index contributed by atoms with van der Waals surface area (Å²) in [5.41, 5.74) is 5.99. The Kier molecular flexibility index (Phi) is 6.11. The number of nitrogens with two attached hydrogens (primary N) is 1. The molecule has 0 saturated heterocycles. The molecule has 0 aliphatic heterocycles. The summed E-state index contributed by atoms with van der Waals surface area (Å²) in [6.45, 7) is 5.21. The molecular formula is C13H21NO4S. The number of benzene rings is 1. The molecule has 0 aliphatic carbocycles. The predicted octanol–water partition coefficient (Wildman–Crippen LogP) is 1.87. The summed E-state index contributed by atoms with van der Waals surface area (Å²) in [5.74, 6) is 0.535. The first-order valence-corrected chi connectivity index (χ1v) is 7.99. The van der Waals surface area contributed by atoms with Crippen molar-refractivity contribution in [2.24, 2.45) is 0 Å². The van der Waals surface area contributed by atoms with Crippen molar-refractivity contribution in [3.63, 3.8) is 0 Å². The van der Waals surface area contributed by atoms with Crippen molar-refractivity contribution in [3.8, 4) is 5.75 Å². The molecule has 0 unspecified atom stereocenters. The minimum absolute atomic E-state index is 0.0206. The second-order valence-corrected chi connectivity index (χ2v) is 6.08. The van der Waals surface area contributed by atoms with Gasteiger partial charge in [-0.2, -0.15) is 0 Å². The third-order valence-corrected chi connectivity index (χ3v) is 4.39. The van der Waals surface area contributed by atoms with Crippen LogP contribution in [0.4, 0.5) is 5.69 Å². The summed E-state index contributed by atoms with van der Waals surface area (Å²) in [6.07, 6.45) is 0.453. The van der Waals surface area contributed by atoms with Crippen LogP contribution in [0.2, 0.25) is 0 Å². The van der Waals surface area contributed by atoms with Crippen LogP contribution in [-0.2, 0) is 14.6 Å². The minimum Gasteiger partial charge on any atom is -0.494 e. The van der Waals surface area contributed by atoms with Gasteiger partial charge in [0.2, 0.25) is 0 Å². The third-order valence-electron chi connectivity index (χ3n) is 2.54. The Hall–Kier alpha value is -1.27. The van der Waals surface area contributed by atoms with Crippen LogP contribution < -0.4 is 10.5 Å². The second kappa shape index (κ2) is 7.35. The van der Waals surface area contributed by atoms with Crippen LogP contribution in [0.15, 0.2) is 23.1 Å². The molecule has 5 nitrogen and oxygen atoms in total. The van der Waals surface area contributed by atoms with Crippen molar-refractivity contribution >= 4 is 15.5 Å². The average Bonchev–Trinajstić information content (AvgIpc) is 2.37. The first-order chi connectivity index (χ1) is 9.01. The van der Waals surface area contributed by atoms with E-state index in [1.807, 2.05) is 13.8 Å². The zero-order valence-corrected chi connectivity index (χ0v) is 12.2. The Morgan fingerprint density at radius 2 is 1.95 bits per heavy atom. The SMILES string of the molecule is CCOCCCS(=O)(=O)c1cc(OCC)ccc1N. The zero-order valence-electron chi connectivity index (χ0n) is 11.4. The van der Waals surface area contributed by atoms with E-state index in [4.69, 9.17) is 15.2 Å². The molecule has 2 N–H and O–H groups in total. The van der Waals surface area contributed by atoms with Gasteiger partial charge in [0.15, 0.2) is 9.84 Å². The van der Waals surface area contributed by atoms with Gasteiger partial charge in [0.1, 0.15) is 5.75 Å². The largest absolute Gasteiger partial charge is 0.494 e. The topological polar surface area (TPSA) is 78.6 Å². The highest BCUT2D eigenvalue weighted by atomic mass is 32.2. The lowest BCUT2D eigenvalue weighted by Crippen LogP contribution is -2.12. The van der Waals surface area contributed by atoms with Gasteiger partial charge in [0, 0.05) is 19.3 Å². The second-order valence-electron chi connectivity index (χ2n) is 4.00. The third kappa shape index (κ3) is 4.72. The van der Waals surface area contributed by atoms with Gasteiger partial charge in [-0.3, -0.25) is 0 Å². The van der Waals surface area contributed by atoms with E-state index in [-0.39, 0.29) is 16.3 Å². The van der Waals surface area contributed by atoms with Crippen LogP contribution in [0.5, 0.6) is 5.75 Å². The van der Waals surface area contributed by atoms with E-state index < -0.39 is 9.84 Å². The molecule has 1 aromatic carbocycles. The zero-order chi connectivity index (χ0) is 14.3. The number of anilines is 1. The molecule has 108 valence electrons. The van der Waals surface area contributed by atoms with E-state index in [9.17, 15) is 8.42 Å². The highest BCUT2D eigenvalue weighted by molar-refractivity contribution is 7.91. The fraction of sp³-hybridized carbons (Fsp3) is 0.538. The van der Waals surface area contributed by atoms with E-state index in [2.05, 4.69) is 0 Å². The van der Waals surface area contributed by atoms with Gasteiger partial charge in [-0.05, 0) is 32.4 Å². The quantitative estimate of drug-likeness (QED) is 0.583. The van der Waals surface area contributed by atoms with Crippen LogP contribution in [-0.4, -0.2) is 34.0 Å². The monoisotopic (exact) mass is 287 g/mol. The molecule has 0 heterocycles. The van der Waals surface area contributed by atoms with Gasteiger partial charge in [-0.15, -0.1) is 0 Å². The Bertz CT molecular complexity index is 499. The summed E-state index contributed by atoms with van der Waals surface area (Å²) >= 11 is 0. The Labute approximate surface area is 114 Å². The first kappa shape index (κ1) is 15.8. The maximum absolute atomic E-state index is 12.2. The summed E-state index contributed by atoms with van der Waals surface area (Å²) in [4.78, 5) is 0.134. The van der Waals surface area contributed by atoms with Gasteiger partial charge in [0.05, 0.1) is 22.9 Å². The summed E-state index contributed by atoms with van der Waals surface area (Å²) in [5, 5.41) is 0. The number of rotatable bonds is 8. The maximum atomic E-state index is 12.2. The molecular weight excluding hydrogens is 266 g/mol. The standard InChI is InChI=1S/C13H21NO4S/c1-3-17-8-5-9-19(15,16)13-10-11(18-4-2)6-7-12(13)14/h6-7,10H,3-5,8-9,14H2,1-2H3. The Balaban J connectivity index is 2.84. The van der Waals surface area contributed by atoms with E-state index in [0.717, 1.165) is 0 Å². The van der Waals surface area contributed by atoms with Crippen LogP contribution in [0.1, 0.15) is 20.3 Å². The lowest BCUT2D eigenvalue weighted by Gasteiger charge is -2.10. The van der Waals surface area contributed by atoms with Crippen LogP contribution in [0.25, 0.3) is 0 Å². The fourth-order valence-electron chi connectivity index (χ4n) is 1.65. The molecule has 0 spiro atoms. The number of hydrogen-bond acceptors (Lipinski definition) is 5. The highest BCUT2D eigenvalue weighted by Gasteiger charge is 2.18. The average molecular weight is 287 g/mol. The van der Waals surface area contributed by atoms with Crippen LogP contribution in [0.3, 0.4) is 0 Å². The lowest BCUT2D eigenvalue weighted by atomic mass is 10.3. The number of hydrogen-bond donors (Lipinski definition) is 1. The van der Waals surface area contributed by atoms with E-state index >= 15 is 0 Å². The summed E-state index contributed by atoms with van der Waals surface area (Å²) in [6, 6.07) is 4.70. The molecule has 0 radical (unpaired) electrons. The summed E-state index contributed by atoms with van der Waals surface area (Å²) < 4.78 is 34.8. The lowest BCUT2D eigenvalue weighted by molar-refractivity contribution is 0.148. The van der Waals surface area contributed by atoms with E-state index in [0.29, 0.717) is 32.0 Å². The predicted molar refractivity (Wildman–Crippen MR) is 75.2 cm³/mol.